The van der Waals surface area contributed by atoms with Gasteiger partial charge in [-0.25, -0.2) is 0 Å². The third-order valence-corrected chi connectivity index (χ3v) is 2.79. The molecule has 0 aromatic heterocycles. The minimum absolute atomic E-state index is 0.338. The second kappa shape index (κ2) is 7.66. The Hall–Kier alpha value is -0.570. The number of hydrogen-bond donors (Lipinski definition) is 1. The summed E-state index contributed by atoms with van der Waals surface area (Å²) in [7, 11) is 0. The van der Waals surface area contributed by atoms with Crippen LogP contribution in [0.1, 0.15) is 66.2 Å². The van der Waals surface area contributed by atoms with Crippen molar-refractivity contribution < 1.29 is 14.6 Å². The molecule has 0 bridgehead atoms. The van der Waals surface area contributed by atoms with Gasteiger partial charge < -0.3 is 9.84 Å². The molecule has 0 aliphatic rings. The number of esters is 1. The summed E-state index contributed by atoms with van der Waals surface area (Å²) in [4.78, 5) is 10.8. The van der Waals surface area contributed by atoms with Gasteiger partial charge in [-0.15, -0.1) is 0 Å². The van der Waals surface area contributed by atoms with E-state index in [1.54, 1.807) is 13.8 Å². The lowest BCUT2D eigenvalue weighted by atomic mass is 9.96. The van der Waals surface area contributed by atoms with Gasteiger partial charge in [0.15, 0.2) is 0 Å². The van der Waals surface area contributed by atoms with E-state index in [2.05, 4.69) is 6.92 Å². The van der Waals surface area contributed by atoms with Crippen molar-refractivity contribution >= 4 is 5.97 Å². The molecule has 0 saturated heterocycles. The first kappa shape index (κ1) is 15.4. The van der Waals surface area contributed by atoms with E-state index in [-0.39, 0.29) is 5.97 Å². The second-order valence-corrected chi connectivity index (χ2v) is 4.92. The van der Waals surface area contributed by atoms with Crippen molar-refractivity contribution in [1.82, 2.24) is 0 Å². The Bertz CT molecular complexity index is 199. The zero-order valence-corrected chi connectivity index (χ0v) is 11.1. The first-order valence-electron chi connectivity index (χ1n) is 6.27. The molecule has 0 aromatic carbocycles. The summed E-state index contributed by atoms with van der Waals surface area (Å²) in [5, 5.41) is 9.91. The number of ether oxygens (including phenoxy) is 1. The summed E-state index contributed by atoms with van der Waals surface area (Å²) in [5.74, 6) is -0.338. The Labute approximate surface area is 99.2 Å². The van der Waals surface area contributed by atoms with Gasteiger partial charge in [0.1, 0.15) is 5.60 Å². The van der Waals surface area contributed by atoms with E-state index >= 15 is 0 Å². The van der Waals surface area contributed by atoms with Crippen LogP contribution >= 0.6 is 0 Å². The van der Waals surface area contributed by atoms with Gasteiger partial charge in [0.2, 0.25) is 0 Å². The van der Waals surface area contributed by atoms with E-state index in [0.717, 1.165) is 12.8 Å². The summed E-state index contributed by atoms with van der Waals surface area (Å²) >= 11 is 0. The molecule has 0 rings (SSSR count). The third-order valence-electron chi connectivity index (χ3n) is 2.79. The molecule has 1 atom stereocenters. The molecule has 0 aliphatic carbocycles. The van der Waals surface area contributed by atoms with E-state index in [1.165, 1.54) is 26.2 Å². The van der Waals surface area contributed by atoms with Gasteiger partial charge >= 0.3 is 5.97 Å². The van der Waals surface area contributed by atoms with Gasteiger partial charge in [0, 0.05) is 6.92 Å². The fraction of sp³-hybridized carbons (Fsp3) is 0.923. The van der Waals surface area contributed by atoms with Crippen molar-refractivity contribution in [2.75, 3.05) is 0 Å². The smallest absolute Gasteiger partial charge is 0.303 e. The zero-order chi connectivity index (χ0) is 12.6. The van der Waals surface area contributed by atoms with Crippen LogP contribution in [0.4, 0.5) is 0 Å². The van der Waals surface area contributed by atoms with Crippen LogP contribution in [-0.4, -0.2) is 22.8 Å². The monoisotopic (exact) mass is 230 g/mol. The predicted molar refractivity (Wildman–Crippen MR) is 65.2 cm³/mol. The molecule has 0 fully saturated rings. The normalized spacial score (nSPS) is 13.6. The summed E-state index contributed by atoms with van der Waals surface area (Å²) in [6.45, 7) is 7.06. The Morgan fingerprint density at radius 2 is 1.81 bits per heavy atom. The van der Waals surface area contributed by atoms with Crippen LogP contribution in [0.2, 0.25) is 0 Å². The third kappa shape index (κ3) is 6.83. The maximum absolute atomic E-state index is 10.8. The van der Waals surface area contributed by atoms with Gasteiger partial charge in [-0.1, -0.05) is 39.0 Å². The standard InChI is InChI=1S/C13H26O3/c1-5-6-7-8-9-10-12(15)13(3,4)16-11(2)14/h12,15H,5-10H2,1-4H3. The summed E-state index contributed by atoms with van der Waals surface area (Å²) in [6, 6.07) is 0. The molecule has 3 heteroatoms. The van der Waals surface area contributed by atoms with Gasteiger partial charge in [-0.05, 0) is 20.3 Å². The molecule has 0 aromatic rings. The van der Waals surface area contributed by atoms with Crippen molar-refractivity contribution in [1.29, 1.82) is 0 Å². The molecule has 0 spiro atoms. The molecule has 0 aliphatic heterocycles. The number of aliphatic hydroxyl groups excluding tert-OH is 1. The number of carbonyl (C=O) groups excluding carboxylic acids is 1. The fourth-order valence-corrected chi connectivity index (χ4v) is 1.73. The minimum atomic E-state index is -0.767. The highest BCUT2D eigenvalue weighted by Crippen LogP contribution is 2.20. The minimum Gasteiger partial charge on any atom is -0.457 e. The van der Waals surface area contributed by atoms with Crippen molar-refractivity contribution in [2.24, 2.45) is 0 Å². The Morgan fingerprint density at radius 3 is 2.31 bits per heavy atom. The Kier molecular flexibility index (Phi) is 7.39. The van der Waals surface area contributed by atoms with E-state index in [0.29, 0.717) is 6.42 Å². The van der Waals surface area contributed by atoms with Crippen molar-refractivity contribution in [3.05, 3.63) is 0 Å². The van der Waals surface area contributed by atoms with Crippen LogP contribution in [0.25, 0.3) is 0 Å². The first-order chi connectivity index (χ1) is 7.40. The highest BCUT2D eigenvalue weighted by Gasteiger charge is 2.30. The quantitative estimate of drug-likeness (QED) is 0.515. The van der Waals surface area contributed by atoms with Crippen LogP contribution in [0, 0.1) is 0 Å². The maximum atomic E-state index is 10.8. The SMILES string of the molecule is CCCCCCCC(O)C(C)(C)OC(C)=O. The van der Waals surface area contributed by atoms with Gasteiger partial charge in [-0.3, -0.25) is 4.79 Å². The molecule has 3 nitrogen and oxygen atoms in total. The first-order valence-corrected chi connectivity index (χ1v) is 6.27. The van der Waals surface area contributed by atoms with Gasteiger partial charge in [0.25, 0.3) is 0 Å². The fourth-order valence-electron chi connectivity index (χ4n) is 1.73. The Balaban J connectivity index is 3.77. The lowest BCUT2D eigenvalue weighted by Gasteiger charge is -2.30. The largest absolute Gasteiger partial charge is 0.457 e. The average molecular weight is 230 g/mol. The number of unbranched alkanes of at least 4 members (excludes halogenated alkanes) is 4. The van der Waals surface area contributed by atoms with E-state index in [4.69, 9.17) is 4.74 Å². The molecule has 0 radical (unpaired) electrons. The molecular weight excluding hydrogens is 204 g/mol. The van der Waals surface area contributed by atoms with Crippen LogP contribution in [0.5, 0.6) is 0 Å². The second-order valence-electron chi connectivity index (χ2n) is 4.92. The van der Waals surface area contributed by atoms with Gasteiger partial charge in [0.05, 0.1) is 6.10 Å². The lowest BCUT2D eigenvalue weighted by Crippen LogP contribution is -2.40. The lowest BCUT2D eigenvalue weighted by molar-refractivity contribution is -0.165. The summed E-state index contributed by atoms with van der Waals surface area (Å²) < 4.78 is 5.09. The summed E-state index contributed by atoms with van der Waals surface area (Å²) in [5.41, 5.74) is -0.767. The molecule has 16 heavy (non-hydrogen) atoms. The number of aliphatic hydroxyl groups is 1. The molecule has 0 saturated carbocycles. The van der Waals surface area contributed by atoms with Crippen LogP contribution in [0.15, 0.2) is 0 Å². The van der Waals surface area contributed by atoms with Crippen LogP contribution in [-0.2, 0) is 9.53 Å². The van der Waals surface area contributed by atoms with E-state index < -0.39 is 11.7 Å². The molecule has 0 amide bonds. The molecule has 1 unspecified atom stereocenters. The molecule has 0 heterocycles. The van der Waals surface area contributed by atoms with Gasteiger partial charge in [-0.2, -0.15) is 0 Å². The molecule has 1 N–H and O–H groups in total. The summed E-state index contributed by atoms with van der Waals surface area (Å²) in [6.07, 6.45) is 5.96. The number of hydrogen-bond acceptors (Lipinski definition) is 3. The number of carbonyl (C=O) groups is 1. The van der Waals surface area contributed by atoms with E-state index in [1.807, 2.05) is 0 Å². The van der Waals surface area contributed by atoms with Crippen LogP contribution in [0.3, 0.4) is 0 Å². The Morgan fingerprint density at radius 1 is 1.25 bits per heavy atom. The molecule has 96 valence electrons. The maximum Gasteiger partial charge on any atom is 0.303 e. The molecular formula is C13H26O3. The van der Waals surface area contributed by atoms with E-state index in [9.17, 15) is 9.90 Å². The van der Waals surface area contributed by atoms with Crippen molar-refractivity contribution in [3.63, 3.8) is 0 Å². The van der Waals surface area contributed by atoms with Crippen molar-refractivity contribution in [2.45, 2.75) is 77.9 Å². The number of rotatable bonds is 8. The average Bonchev–Trinajstić information content (AvgIpc) is 2.15. The highest BCUT2D eigenvalue weighted by atomic mass is 16.6. The predicted octanol–water partition coefficient (Wildman–Crippen LogP) is 3.05. The van der Waals surface area contributed by atoms with Crippen LogP contribution < -0.4 is 0 Å². The highest BCUT2D eigenvalue weighted by molar-refractivity contribution is 5.66. The topological polar surface area (TPSA) is 46.5 Å². The zero-order valence-electron chi connectivity index (χ0n) is 11.1. The van der Waals surface area contributed by atoms with Crippen molar-refractivity contribution in [3.8, 4) is 0 Å².